The molecule has 5 nitrogen and oxygen atoms in total. The number of anilines is 1. The van der Waals surface area contributed by atoms with Crippen molar-refractivity contribution < 1.29 is 26.4 Å². The number of halogens is 4. The molecule has 1 amide bonds. The molecule has 0 aromatic heterocycles. The third-order valence-corrected chi connectivity index (χ3v) is 6.74. The van der Waals surface area contributed by atoms with Crippen LogP contribution in [-0.2, 0) is 21.0 Å². The van der Waals surface area contributed by atoms with Gasteiger partial charge in [0.05, 0.1) is 22.7 Å². The quantitative estimate of drug-likeness (QED) is 0.541. The van der Waals surface area contributed by atoms with Gasteiger partial charge >= 0.3 is 6.18 Å². The highest BCUT2D eigenvalue weighted by molar-refractivity contribution is 7.89. The van der Waals surface area contributed by atoms with Gasteiger partial charge in [-0.3, -0.25) is 4.79 Å². The maximum Gasteiger partial charge on any atom is 0.418 e. The molecule has 3 aromatic rings. The number of nitrogens with zero attached hydrogens (tertiary/aromatic N) is 1. The van der Waals surface area contributed by atoms with Crippen LogP contribution < -0.4 is 5.32 Å². The number of rotatable bonds is 6. The molecule has 10 heteroatoms. The Morgan fingerprint density at radius 3 is 2.35 bits per heavy atom. The first kappa shape index (κ1) is 23.1. The Labute approximate surface area is 182 Å². The lowest BCUT2D eigenvalue weighted by Gasteiger charge is -2.21. The minimum Gasteiger partial charge on any atom is -0.324 e. The van der Waals surface area contributed by atoms with Gasteiger partial charge in [0.2, 0.25) is 15.9 Å². The maximum atomic E-state index is 13.2. The van der Waals surface area contributed by atoms with Crippen LogP contribution in [0, 0.1) is 0 Å². The number of nitrogens with one attached hydrogen (secondary N) is 1. The summed E-state index contributed by atoms with van der Waals surface area (Å²) in [5.74, 6) is -0.904. The van der Waals surface area contributed by atoms with Gasteiger partial charge < -0.3 is 5.32 Å². The average Bonchev–Trinajstić information content (AvgIpc) is 2.72. The monoisotopic (exact) mass is 470 g/mol. The molecule has 0 atom stereocenters. The fraction of sp³-hybridized carbons (Fsp3) is 0.190. The Bertz CT molecular complexity index is 1230. The smallest absolute Gasteiger partial charge is 0.324 e. The van der Waals surface area contributed by atoms with Gasteiger partial charge in [0.1, 0.15) is 0 Å². The van der Waals surface area contributed by atoms with E-state index in [-0.39, 0.29) is 16.5 Å². The van der Waals surface area contributed by atoms with E-state index in [1.807, 2.05) is 12.1 Å². The molecule has 164 valence electrons. The van der Waals surface area contributed by atoms with Crippen LogP contribution in [0.15, 0.2) is 65.6 Å². The minimum atomic E-state index is -4.74. The highest BCUT2D eigenvalue weighted by Gasteiger charge is 2.34. The Morgan fingerprint density at radius 1 is 1.03 bits per heavy atom. The van der Waals surface area contributed by atoms with Crippen LogP contribution in [0.4, 0.5) is 18.9 Å². The topological polar surface area (TPSA) is 66.5 Å². The molecule has 1 N–H and O–H groups in total. The van der Waals surface area contributed by atoms with Crippen LogP contribution in [0.25, 0.3) is 10.8 Å². The van der Waals surface area contributed by atoms with Crippen LogP contribution >= 0.6 is 11.6 Å². The first-order valence-electron chi connectivity index (χ1n) is 9.18. The molecule has 0 radical (unpaired) electrons. The largest absolute Gasteiger partial charge is 0.418 e. The number of benzene rings is 3. The molecule has 0 bridgehead atoms. The summed E-state index contributed by atoms with van der Waals surface area (Å²) < 4.78 is 66.6. The van der Waals surface area contributed by atoms with Crippen molar-refractivity contribution in [2.75, 3.05) is 18.4 Å². The lowest BCUT2D eigenvalue weighted by molar-refractivity contribution is -0.137. The molecule has 3 aromatic carbocycles. The first-order valence-corrected chi connectivity index (χ1v) is 11.0. The van der Waals surface area contributed by atoms with Gasteiger partial charge in [-0.15, -0.1) is 0 Å². The van der Waals surface area contributed by atoms with E-state index in [1.165, 1.54) is 25.1 Å². The molecular weight excluding hydrogens is 453 g/mol. The van der Waals surface area contributed by atoms with Gasteiger partial charge in [-0.25, -0.2) is 8.42 Å². The second kappa shape index (κ2) is 8.86. The first-order chi connectivity index (χ1) is 14.5. The number of amides is 1. The minimum absolute atomic E-state index is 0.0108. The van der Waals surface area contributed by atoms with Gasteiger partial charge in [-0.1, -0.05) is 48.9 Å². The Hall–Kier alpha value is -2.62. The van der Waals surface area contributed by atoms with Crippen molar-refractivity contribution in [2.24, 2.45) is 0 Å². The number of fused-ring (bicyclic) bond motifs is 1. The summed E-state index contributed by atoms with van der Waals surface area (Å²) in [5.41, 5.74) is -1.62. The number of carbonyl (C=O) groups excluding carboxylic acids is 1. The van der Waals surface area contributed by atoms with Crippen molar-refractivity contribution in [3.05, 3.63) is 71.2 Å². The Morgan fingerprint density at radius 2 is 1.71 bits per heavy atom. The zero-order valence-corrected chi connectivity index (χ0v) is 17.9. The summed E-state index contributed by atoms with van der Waals surface area (Å²) in [7, 11) is -4.05. The van der Waals surface area contributed by atoms with E-state index < -0.39 is 39.9 Å². The van der Waals surface area contributed by atoms with E-state index in [0.29, 0.717) is 11.5 Å². The molecule has 0 aliphatic carbocycles. The van der Waals surface area contributed by atoms with Crippen molar-refractivity contribution in [1.82, 2.24) is 4.31 Å². The van der Waals surface area contributed by atoms with Crippen molar-refractivity contribution in [3.8, 4) is 0 Å². The highest BCUT2D eigenvalue weighted by Crippen LogP contribution is 2.36. The van der Waals surface area contributed by atoms with Crippen LogP contribution in [-0.4, -0.2) is 31.7 Å². The van der Waals surface area contributed by atoms with E-state index >= 15 is 0 Å². The van der Waals surface area contributed by atoms with Crippen molar-refractivity contribution >= 4 is 44.0 Å². The number of carbonyl (C=O) groups is 1. The van der Waals surface area contributed by atoms with Crippen LogP contribution in [0.3, 0.4) is 0 Å². The van der Waals surface area contributed by atoms with Gasteiger partial charge in [-0.2, -0.15) is 17.5 Å². The summed E-state index contributed by atoms with van der Waals surface area (Å²) in [6, 6.07) is 14.7. The lowest BCUT2D eigenvalue weighted by atomic mass is 10.1. The van der Waals surface area contributed by atoms with Crippen LogP contribution in [0.1, 0.15) is 12.5 Å². The normalized spacial score (nSPS) is 12.3. The number of alkyl halides is 3. The van der Waals surface area contributed by atoms with E-state index in [0.717, 1.165) is 15.8 Å². The molecular formula is C21H18ClF3N2O3S. The molecule has 0 fully saturated rings. The summed E-state index contributed by atoms with van der Waals surface area (Å²) in [6.45, 7) is 0.843. The van der Waals surface area contributed by atoms with Gasteiger partial charge in [0.15, 0.2) is 0 Å². The Balaban J connectivity index is 1.84. The number of hydrogen-bond acceptors (Lipinski definition) is 3. The fourth-order valence-electron chi connectivity index (χ4n) is 3.05. The summed E-state index contributed by atoms with van der Waals surface area (Å²) in [4.78, 5) is 12.4. The van der Waals surface area contributed by atoms with Crippen LogP contribution in [0.5, 0.6) is 0 Å². The zero-order chi connectivity index (χ0) is 22.8. The number of sulfonamides is 1. The van der Waals surface area contributed by atoms with Crippen LogP contribution in [0.2, 0.25) is 5.02 Å². The van der Waals surface area contributed by atoms with Crippen molar-refractivity contribution in [2.45, 2.75) is 18.0 Å². The van der Waals surface area contributed by atoms with E-state index in [2.05, 4.69) is 5.32 Å². The maximum absolute atomic E-state index is 13.2. The van der Waals surface area contributed by atoms with E-state index in [1.54, 1.807) is 18.2 Å². The molecule has 0 unspecified atom stereocenters. The van der Waals surface area contributed by atoms with Gasteiger partial charge in [0, 0.05) is 11.6 Å². The molecule has 0 aliphatic heterocycles. The average molecular weight is 471 g/mol. The van der Waals surface area contributed by atoms with Crippen molar-refractivity contribution in [1.29, 1.82) is 0 Å². The fourth-order valence-corrected chi connectivity index (χ4v) is 4.67. The predicted octanol–water partition coefficient (Wildman–Crippen LogP) is 5.16. The molecule has 0 heterocycles. The van der Waals surface area contributed by atoms with Gasteiger partial charge in [0.25, 0.3) is 0 Å². The summed E-state index contributed by atoms with van der Waals surface area (Å²) in [5, 5.41) is 3.56. The molecule has 31 heavy (non-hydrogen) atoms. The lowest BCUT2D eigenvalue weighted by Crippen LogP contribution is -2.38. The third-order valence-electron chi connectivity index (χ3n) is 4.59. The predicted molar refractivity (Wildman–Crippen MR) is 113 cm³/mol. The Kier molecular flexibility index (Phi) is 6.59. The standard InChI is InChI=1S/C21H18ClF3N2O3S/c1-2-27(31(29,30)17-9-7-14-5-3-4-6-15(14)11-17)13-20(28)26-19-10-8-16(22)12-18(19)21(23,24)25/h3-12H,2,13H2,1H3,(H,26,28). The second-order valence-corrected chi connectivity index (χ2v) is 9.05. The molecule has 0 aliphatic rings. The summed E-state index contributed by atoms with van der Waals surface area (Å²) >= 11 is 5.64. The molecule has 3 rings (SSSR count). The zero-order valence-electron chi connectivity index (χ0n) is 16.3. The number of likely N-dealkylation sites (N-methyl/N-ethyl adjacent to an activating group) is 1. The molecule has 0 saturated heterocycles. The third kappa shape index (κ3) is 5.17. The van der Waals surface area contributed by atoms with E-state index in [9.17, 15) is 26.4 Å². The SMILES string of the molecule is CCN(CC(=O)Nc1ccc(Cl)cc1C(F)(F)F)S(=O)(=O)c1ccc2ccccc2c1. The van der Waals surface area contributed by atoms with Crippen molar-refractivity contribution in [3.63, 3.8) is 0 Å². The molecule has 0 spiro atoms. The summed E-state index contributed by atoms with van der Waals surface area (Å²) in [6.07, 6.45) is -4.74. The highest BCUT2D eigenvalue weighted by atomic mass is 35.5. The van der Waals surface area contributed by atoms with Gasteiger partial charge in [-0.05, 0) is 41.1 Å². The second-order valence-electron chi connectivity index (χ2n) is 6.68. The number of hydrogen-bond donors (Lipinski definition) is 1. The van der Waals surface area contributed by atoms with E-state index in [4.69, 9.17) is 11.6 Å². The molecule has 0 saturated carbocycles.